The van der Waals surface area contributed by atoms with Gasteiger partial charge in [-0.3, -0.25) is 4.79 Å². The van der Waals surface area contributed by atoms with Crippen LogP contribution in [-0.2, 0) is 4.74 Å². The first-order chi connectivity index (χ1) is 14.6. The molecule has 1 aliphatic heterocycles. The molecule has 1 aliphatic rings. The lowest BCUT2D eigenvalue weighted by Gasteiger charge is -2.46. The number of carbonyl (C=O) groups is 1. The summed E-state index contributed by atoms with van der Waals surface area (Å²) < 4.78 is 16.4. The van der Waals surface area contributed by atoms with Crippen LogP contribution in [0.25, 0.3) is 10.8 Å². The number of benzene rings is 2. The van der Waals surface area contributed by atoms with Crippen LogP contribution in [0.15, 0.2) is 18.2 Å². The summed E-state index contributed by atoms with van der Waals surface area (Å²) in [5.41, 5.74) is -1.85. The van der Waals surface area contributed by atoms with E-state index in [9.17, 15) is 35.4 Å². The highest BCUT2D eigenvalue weighted by Gasteiger charge is 2.56. The zero-order valence-electron chi connectivity index (χ0n) is 17.3. The van der Waals surface area contributed by atoms with Crippen molar-refractivity contribution >= 4 is 16.6 Å². The molecule has 2 aromatic rings. The number of rotatable bonds is 6. The molecule has 1 heterocycles. The minimum absolute atomic E-state index is 0.0770. The van der Waals surface area contributed by atoms with Gasteiger partial charge in [0.1, 0.15) is 35.6 Å². The van der Waals surface area contributed by atoms with Gasteiger partial charge in [-0.25, -0.2) is 0 Å². The molecule has 10 heteroatoms. The summed E-state index contributed by atoms with van der Waals surface area (Å²) in [6.45, 7) is 1.22. The number of ketones is 1. The molecule has 10 nitrogen and oxygen atoms in total. The molecule has 170 valence electrons. The van der Waals surface area contributed by atoms with Crippen molar-refractivity contribution in [3.05, 3.63) is 29.3 Å². The van der Waals surface area contributed by atoms with Gasteiger partial charge in [-0.2, -0.15) is 0 Å². The van der Waals surface area contributed by atoms with Crippen LogP contribution in [0.1, 0.15) is 22.8 Å². The fraction of sp³-hybridized carbons (Fsp3) is 0.476. The van der Waals surface area contributed by atoms with Gasteiger partial charge in [0, 0.05) is 6.07 Å². The molecule has 0 radical (unpaired) electrons. The number of aryl methyl sites for hydroxylation is 1. The predicted octanol–water partition coefficient (Wildman–Crippen LogP) is -0.394. The Balaban J connectivity index is 2.19. The average molecular weight is 438 g/mol. The molecule has 0 aliphatic carbocycles. The number of methoxy groups -OCH3 is 1. The maximum Gasteiger partial charge on any atom is 0.234 e. The van der Waals surface area contributed by atoms with Crippen molar-refractivity contribution in [3.8, 4) is 17.2 Å². The molecule has 31 heavy (non-hydrogen) atoms. The maximum absolute atomic E-state index is 12.1. The van der Waals surface area contributed by atoms with E-state index in [2.05, 4.69) is 0 Å². The number of fused-ring (bicyclic) bond motifs is 1. The molecule has 0 amide bonds. The summed E-state index contributed by atoms with van der Waals surface area (Å²) in [6.07, 6.45) is -6.66. The lowest BCUT2D eigenvalue weighted by molar-refractivity contribution is -0.327. The van der Waals surface area contributed by atoms with Crippen molar-refractivity contribution < 1.29 is 49.6 Å². The molecule has 6 N–H and O–H groups in total. The van der Waals surface area contributed by atoms with E-state index in [1.807, 2.05) is 0 Å². The standard InChI is InChI=1S/C21H26O10/c1-9-4-11-5-12(29-3)6-13(16(11)18(26)15(9)10(2)24)30-20-21(28,8-23)19(27)17(25)14(7-22)31-20/h4-6,14,17,19-20,22-23,25-28H,7-8H2,1-3H3/t14-,17-,19+,20-,21-/m1/s1. The van der Waals surface area contributed by atoms with E-state index in [1.165, 1.54) is 20.1 Å². The lowest BCUT2D eigenvalue weighted by Crippen LogP contribution is -2.69. The quantitative estimate of drug-likeness (QED) is 0.327. The first-order valence-electron chi connectivity index (χ1n) is 9.56. The summed E-state index contributed by atoms with van der Waals surface area (Å²) >= 11 is 0. The summed E-state index contributed by atoms with van der Waals surface area (Å²) in [5, 5.41) is 61.7. The molecule has 1 saturated heterocycles. The number of hydrogen-bond donors (Lipinski definition) is 6. The Morgan fingerprint density at radius 1 is 1.23 bits per heavy atom. The Labute approximate surface area is 177 Å². The van der Waals surface area contributed by atoms with Crippen molar-refractivity contribution in [3.63, 3.8) is 0 Å². The van der Waals surface area contributed by atoms with Crippen molar-refractivity contribution in [2.24, 2.45) is 0 Å². The van der Waals surface area contributed by atoms with E-state index in [4.69, 9.17) is 14.2 Å². The first-order valence-corrected chi connectivity index (χ1v) is 9.56. The Kier molecular flexibility index (Phi) is 6.42. The summed E-state index contributed by atoms with van der Waals surface area (Å²) in [7, 11) is 1.41. The number of Topliss-reactive ketones (excluding diaryl/α,β-unsaturated/α-hetero) is 1. The summed E-state index contributed by atoms with van der Waals surface area (Å²) in [5.74, 6) is -0.493. The van der Waals surface area contributed by atoms with Gasteiger partial charge >= 0.3 is 0 Å². The van der Waals surface area contributed by atoms with Gasteiger partial charge in [0.05, 0.1) is 31.3 Å². The molecule has 0 bridgehead atoms. The molecule has 0 aromatic heterocycles. The number of phenolic OH excluding ortho intramolecular Hbond substituents is 1. The molecule has 0 saturated carbocycles. The number of ether oxygens (including phenoxy) is 3. The number of aliphatic hydroxyl groups is 5. The van der Waals surface area contributed by atoms with Crippen LogP contribution in [0, 0.1) is 6.92 Å². The molecule has 0 spiro atoms. The van der Waals surface area contributed by atoms with Crippen LogP contribution < -0.4 is 9.47 Å². The van der Waals surface area contributed by atoms with E-state index < -0.39 is 43.4 Å². The smallest absolute Gasteiger partial charge is 0.234 e. The van der Waals surface area contributed by atoms with Gasteiger partial charge in [0.15, 0.2) is 11.4 Å². The number of hydrogen-bond acceptors (Lipinski definition) is 10. The third-order valence-corrected chi connectivity index (χ3v) is 5.52. The fourth-order valence-electron chi connectivity index (χ4n) is 3.81. The first kappa shape index (κ1) is 23.2. The molecular formula is C21H26O10. The average Bonchev–Trinajstić information content (AvgIpc) is 2.73. The molecule has 3 rings (SSSR count). The zero-order chi connectivity index (χ0) is 23.1. The Morgan fingerprint density at radius 3 is 2.45 bits per heavy atom. The zero-order valence-corrected chi connectivity index (χ0v) is 17.3. The fourth-order valence-corrected chi connectivity index (χ4v) is 3.81. The minimum atomic E-state index is -2.45. The normalized spacial score (nSPS) is 28.5. The predicted molar refractivity (Wildman–Crippen MR) is 107 cm³/mol. The van der Waals surface area contributed by atoms with E-state index in [-0.39, 0.29) is 28.2 Å². The summed E-state index contributed by atoms with van der Waals surface area (Å²) in [6, 6.07) is 4.62. The highest BCUT2D eigenvalue weighted by Crippen LogP contribution is 2.42. The highest BCUT2D eigenvalue weighted by atomic mass is 16.7. The van der Waals surface area contributed by atoms with E-state index >= 15 is 0 Å². The van der Waals surface area contributed by atoms with Crippen molar-refractivity contribution in [1.82, 2.24) is 0 Å². The van der Waals surface area contributed by atoms with Crippen LogP contribution >= 0.6 is 0 Å². The molecule has 5 atom stereocenters. The lowest BCUT2D eigenvalue weighted by atomic mass is 9.87. The highest BCUT2D eigenvalue weighted by molar-refractivity contribution is 6.07. The third kappa shape index (κ3) is 3.82. The monoisotopic (exact) mass is 438 g/mol. The largest absolute Gasteiger partial charge is 0.506 e. The maximum atomic E-state index is 12.1. The van der Waals surface area contributed by atoms with Gasteiger partial charge in [-0.05, 0) is 30.9 Å². The van der Waals surface area contributed by atoms with Gasteiger partial charge < -0.3 is 44.8 Å². The van der Waals surface area contributed by atoms with E-state index in [0.29, 0.717) is 16.7 Å². The molecule has 1 fully saturated rings. The van der Waals surface area contributed by atoms with Crippen LogP contribution in [0.3, 0.4) is 0 Å². The van der Waals surface area contributed by atoms with E-state index in [1.54, 1.807) is 19.1 Å². The number of aliphatic hydroxyl groups excluding tert-OH is 4. The van der Waals surface area contributed by atoms with Crippen LogP contribution in [-0.4, -0.2) is 86.9 Å². The van der Waals surface area contributed by atoms with Crippen LogP contribution in [0.5, 0.6) is 17.2 Å². The van der Waals surface area contributed by atoms with E-state index in [0.717, 1.165) is 0 Å². The van der Waals surface area contributed by atoms with Crippen LogP contribution in [0.2, 0.25) is 0 Å². The van der Waals surface area contributed by atoms with Crippen LogP contribution in [0.4, 0.5) is 0 Å². The van der Waals surface area contributed by atoms with Gasteiger partial charge in [0.25, 0.3) is 0 Å². The molecule has 0 unspecified atom stereocenters. The second-order valence-corrected chi connectivity index (χ2v) is 7.59. The van der Waals surface area contributed by atoms with Crippen molar-refractivity contribution in [1.29, 1.82) is 0 Å². The van der Waals surface area contributed by atoms with Gasteiger partial charge in [-0.15, -0.1) is 0 Å². The third-order valence-electron chi connectivity index (χ3n) is 5.52. The van der Waals surface area contributed by atoms with Crippen molar-refractivity contribution in [2.45, 2.75) is 44.1 Å². The SMILES string of the molecule is COc1cc(O[C@@H]2O[C@H](CO)[C@@H](O)[C@H](O)[C@]2(O)CO)c2c(O)c(C(C)=O)c(C)cc2c1. The second kappa shape index (κ2) is 8.58. The van der Waals surface area contributed by atoms with Gasteiger partial charge in [0.2, 0.25) is 6.29 Å². The summed E-state index contributed by atoms with van der Waals surface area (Å²) in [4.78, 5) is 12.1. The Bertz CT molecular complexity index is 990. The topological polar surface area (TPSA) is 166 Å². The second-order valence-electron chi connectivity index (χ2n) is 7.59. The minimum Gasteiger partial charge on any atom is -0.506 e. The molecular weight excluding hydrogens is 412 g/mol. The van der Waals surface area contributed by atoms with Crippen molar-refractivity contribution in [2.75, 3.05) is 20.3 Å². The molecule has 2 aromatic carbocycles. The number of aromatic hydroxyl groups is 1. The number of carbonyl (C=O) groups excluding carboxylic acids is 1. The number of phenols is 1. The Hall–Kier alpha value is -2.47. The van der Waals surface area contributed by atoms with Gasteiger partial charge in [-0.1, -0.05) is 6.07 Å². The Morgan fingerprint density at radius 2 is 1.90 bits per heavy atom.